The van der Waals surface area contributed by atoms with Gasteiger partial charge in [0.05, 0.1) is 22.5 Å². The predicted molar refractivity (Wildman–Crippen MR) is 93.2 cm³/mol. The summed E-state index contributed by atoms with van der Waals surface area (Å²) in [5.74, 6) is 0.842. The molecule has 0 spiro atoms. The second kappa shape index (κ2) is 7.14. The van der Waals surface area contributed by atoms with Crippen LogP contribution in [0.25, 0.3) is 0 Å². The molecule has 2 rings (SSSR count). The minimum atomic E-state index is -3.40. The quantitative estimate of drug-likeness (QED) is 0.827. The smallest absolute Gasteiger partial charge is 0.224 e. The Morgan fingerprint density at radius 2 is 1.96 bits per heavy atom. The summed E-state index contributed by atoms with van der Waals surface area (Å²) in [4.78, 5) is 8.44. The van der Waals surface area contributed by atoms with Gasteiger partial charge in [-0.15, -0.1) is 0 Å². The van der Waals surface area contributed by atoms with Gasteiger partial charge in [0.25, 0.3) is 0 Å². The molecule has 2 aromatic rings. The zero-order chi connectivity index (χ0) is 17.0. The maximum atomic E-state index is 12.5. The summed E-state index contributed by atoms with van der Waals surface area (Å²) < 4.78 is 25.1. The molecule has 6 nitrogen and oxygen atoms in total. The first-order valence-corrected chi connectivity index (χ1v) is 9.15. The Morgan fingerprint density at radius 1 is 1.26 bits per heavy atom. The van der Waals surface area contributed by atoms with Crippen LogP contribution >= 0.6 is 11.6 Å². The first-order chi connectivity index (χ1) is 10.8. The van der Waals surface area contributed by atoms with Crippen LogP contribution in [-0.2, 0) is 9.84 Å². The summed E-state index contributed by atoms with van der Waals surface area (Å²) in [6, 6.07) is 6.71. The zero-order valence-corrected chi connectivity index (χ0v) is 14.7. The largest absolute Gasteiger partial charge is 0.357 e. The van der Waals surface area contributed by atoms with E-state index in [4.69, 9.17) is 11.6 Å². The first-order valence-electron chi connectivity index (χ1n) is 7.12. The maximum absolute atomic E-state index is 12.5. The molecule has 1 heterocycles. The van der Waals surface area contributed by atoms with Gasteiger partial charge in [0.15, 0.2) is 15.7 Å². The second-order valence-electron chi connectivity index (χ2n) is 5.44. The molecule has 0 atom stereocenters. The third-order valence-electron chi connectivity index (χ3n) is 3.00. The Bertz CT molecular complexity index is 794. The van der Waals surface area contributed by atoms with Gasteiger partial charge in [-0.25, -0.2) is 13.4 Å². The van der Waals surface area contributed by atoms with Crippen molar-refractivity contribution >= 4 is 38.9 Å². The van der Waals surface area contributed by atoms with Gasteiger partial charge in [-0.3, -0.25) is 0 Å². The van der Waals surface area contributed by atoms with E-state index in [1.165, 1.54) is 6.20 Å². The van der Waals surface area contributed by atoms with Crippen LogP contribution in [0.3, 0.4) is 0 Å². The Morgan fingerprint density at radius 3 is 2.61 bits per heavy atom. The average Bonchev–Trinajstić information content (AvgIpc) is 2.48. The Hall–Kier alpha value is -1.86. The van der Waals surface area contributed by atoms with E-state index in [1.807, 2.05) is 13.8 Å². The van der Waals surface area contributed by atoms with Crippen LogP contribution in [-0.4, -0.2) is 31.2 Å². The van der Waals surface area contributed by atoms with E-state index in [2.05, 4.69) is 20.6 Å². The SMILES string of the molecule is CNc1ncc(Cl)c(Nc2ccccc2S(=O)(=O)CC(C)C)n1. The molecule has 0 fully saturated rings. The van der Waals surface area contributed by atoms with Crippen molar-refractivity contribution in [2.75, 3.05) is 23.4 Å². The van der Waals surface area contributed by atoms with Gasteiger partial charge in [-0.2, -0.15) is 4.98 Å². The summed E-state index contributed by atoms with van der Waals surface area (Å²) in [6.45, 7) is 3.74. The van der Waals surface area contributed by atoms with Crippen LogP contribution in [0.2, 0.25) is 5.02 Å². The number of aromatic nitrogens is 2. The molecule has 8 heteroatoms. The number of anilines is 3. The van der Waals surface area contributed by atoms with Crippen molar-refractivity contribution in [2.24, 2.45) is 5.92 Å². The van der Waals surface area contributed by atoms with Gasteiger partial charge >= 0.3 is 0 Å². The number of para-hydroxylation sites is 1. The third kappa shape index (κ3) is 4.33. The van der Waals surface area contributed by atoms with E-state index in [1.54, 1.807) is 31.3 Å². The van der Waals surface area contributed by atoms with Crippen molar-refractivity contribution in [2.45, 2.75) is 18.7 Å². The van der Waals surface area contributed by atoms with E-state index in [0.29, 0.717) is 22.5 Å². The normalized spacial score (nSPS) is 11.5. The highest BCUT2D eigenvalue weighted by Gasteiger charge is 2.20. The number of sulfone groups is 1. The van der Waals surface area contributed by atoms with Gasteiger partial charge < -0.3 is 10.6 Å². The predicted octanol–water partition coefficient (Wildman–Crippen LogP) is 3.35. The van der Waals surface area contributed by atoms with Crippen molar-refractivity contribution in [3.8, 4) is 0 Å². The van der Waals surface area contributed by atoms with Gasteiger partial charge in [0.1, 0.15) is 5.02 Å². The van der Waals surface area contributed by atoms with Crippen molar-refractivity contribution in [3.63, 3.8) is 0 Å². The minimum Gasteiger partial charge on any atom is -0.357 e. The topological polar surface area (TPSA) is 84.0 Å². The molecule has 0 saturated carbocycles. The molecule has 0 aliphatic carbocycles. The highest BCUT2D eigenvalue weighted by Crippen LogP contribution is 2.29. The fraction of sp³-hybridized carbons (Fsp3) is 0.333. The monoisotopic (exact) mass is 354 g/mol. The lowest BCUT2D eigenvalue weighted by atomic mass is 10.3. The van der Waals surface area contributed by atoms with Crippen LogP contribution in [0.4, 0.5) is 17.5 Å². The molecular weight excluding hydrogens is 336 g/mol. The summed E-state index contributed by atoms with van der Waals surface area (Å²) in [5, 5.41) is 6.11. The molecule has 1 aromatic heterocycles. The van der Waals surface area contributed by atoms with Crippen LogP contribution in [0.1, 0.15) is 13.8 Å². The van der Waals surface area contributed by atoms with Gasteiger partial charge in [-0.1, -0.05) is 37.6 Å². The van der Waals surface area contributed by atoms with Gasteiger partial charge in [0, 0.05) is 7.05 Å². The lowest BCUT2D eigenvalue weighted by Gasteiger charge is -2.14. The molecule has 0 aliphatic rings. The molecule has 0 aliphatic heterocycles. The van der Waals surface area contributed by atoms with Crippen LogP contribution < -0.4 is 10.6 Å². The number of nitrogens with zero attached hydrogens (tertiary/aromatic N) is 2. The number of hydrogen-bond acceptors (Lipinski definition) is 6. The van der Waals surface area contributed by atoms with Crippen molar-refractivity contribution in [1.29, 1.82) is 0 Å². The van der Waals surface area contributed by atoms with E-state index in [0.717, 1.165) is 0 Å². The fourth-order valence-corrected chi connectivity index (χ4v) is 4.01. The lowest BCUT2D eigenvalue weighted by Crippen LogP contribution is -2.13. The maximum Gasteiger partial charge on any atom is 0.224 e. The molecule has 0 amide bonds. The lowest BCUT2D eigenvalue weighted by molar-refractivity contribution is 0.583. The molecule has 23 heavy (non-hydrogen) atoms. The van der Waals surface area contributed by atoms with E-state index in [-0.39, 0.29) is 16.6 Å². The van der Waals surface area contributed by atoms with E-state index < -0.39 is 9.84 Å². The summed E-state index contributed by atoms with van der Waals surface area (Å²) in [7, 11) is -1.71. The van der Waals surface area contributed by atoms with Gasteiger partial charge in [0.2, 0.25) is 5.95 Å². The second-order valence-corrected chi connectivity index (χ2v) is 7.85. The molecule has 0 unspecified atom stereocenters. The average molecular weight is 355 g/mol. The van der Waals surface area contributed by atoms with Crippen molar-refractivity contribution in [1.82, 2.24) is 9.97 Å². The number of rotatable bonds is 6. The minimum absolute atomic E-state index is 0.0339. The van der Waals surface area contributed by atoms with Crippen LogP contribution in [0.15, 0.2) is 35.4 Å². The van der Waals surface area contributed by atoms with Gasteiger partial charge in [-0.05, 0) is 18.1 Å². The summed E-state index contributed by atoms with van der Waals surface area (Å²) >= 11 is 6.09. The van der Waals surface area contributed by atoms with Crippen molar-refractivity contribution in [3.05, 3.63) is 35.5 Å². The van der Waals surface area contributed by atoms with E-state index in [9.17, 15) is 8.42 Å². The van der Waals surface area contributed by atoms with Crippen LogP contribution in [0.5, 0.6) is 0 Å². The number of hydrogen-bond donors (Lipinski definition) is 2. The number of benzene rings is 1. The summed E-state index contributed by atoms with van der Waals surface area (Å²) in [6.07, 6.45) is 1.45. The Balaban J connectivity index is 2.42. The molecule has 0 radical (unpaired) electrons. The Labute approximate surface area is 141 Å². The third-order valence-corrected chi connectivity index (χ3v) is 5.40. The highest BCUT2D eigenvalue weighted by atomic mass is 35.5. The summed E-state index contributed by atoms with van der Waals surface area (Å²) in [5.41, 5.74) is 0.441. The first kappa shape index (κ1) is 17.5. The fourth-order valence-electron chi connectivity index (χ4n) is 2.07. The molecule has 0 bridgehead atoms. The zero-order valence-electron chi connectivity index (χ0n) is 13.2. The molecular formula is C15H19ClN4O2S. The number of nitrogens with one attached hydrogen (secondary N) is 2. The highest BCUT2D eigenvalue weighted by molar-refractivity contribution is 7.91. The molecule has 124 valence electrons. The Kier molecular flexibility index (Phi) is 5.43. The van der Waals surface area contributed by atoms with Crippen LogP contribution in [0, 0.1) is 5.92 Å². The molecule has 2 N–H and O–H groups in total. The number of halogens is 1. The molecule has 1 aromatic carbocycles. The standard InChI is InChI=1S/C15H19ClN4O2S/c1-10(2)9-23(21,22)13-7-5-4-6-12(13)19-14-11(16)8-18-15(17-3)20-14/h4-8,10H,9H2,1-3H3,(H2,17,18,19,20). The molecule has 0 saturated heterocycles. The van der Waals surface area contributed by atoms with Crippen molar-refractivity contribution < 1.29 is 8.42 Å². The van der Waals surface area contributed by atoms with E-state index >= 15 is 0 Å².